The second kappa shape index (κ2) is 5.14. The number of thioether (sulfide) groups is 1. The first-order chi connectivity index (χ1) is 7.29. The van der Waals surface area contributed by atoms with Gasteiger partial charge in [0, 0.05) is 24.3 Å². The molecule has 1 saturated carbocycles. The van der Waals surface area contributed by atoms with Crippen molar-refractivity contribution in [2.45, 2.75) is 30.2 Å². The Labute approximate surface area is 98.3 Å². The van der Waals surface area contributed by atoms with Gasteiger partial charge in [0.2, 0.25) is 0 Å². The lowest BCUT2D eigenvalue weighted by Crippen LogP contribution is -1.95. The number of aromatic nitrogens is 2. The van der Waals surface area contributed by atoms with Crippen LogP contribution in [-0.4, -0.2) is 27.4 Å². The molecular weight excluding hydrogens is 232 g/mol. The first kappa shape index (κ1) is 11.2. The fourth-order valence-corrected chi connectivity index (χ4v) is 2.34. The molecule has 5 heteroatoms. The maximum absolute atomic E-state index is 8.68. The van der Waals surface area contributed by atoms with Crippen molar-refractivity contribution in [1.29, 1.82) is 0 Å². The zero-order chi connectivity index (χ0) is 10.7. The van der Waals surface area contributed by atoms with Crippen LogP contribution in [0.1, 0.15) is 31.0 Å². The van der Waals surface area contributed by atoms with E-state index in [1.54, 1.807) is 17.8 Å². The van der Waals surface area contributed by atoms with E-state index < -0.39 is 0 Å². The van der Waals surface area contributed by atoms with Gasteiger partial charge in [-0.05, 0) is 19.3 Å². The monoisotopic (exact) mass is 244 g/mol. The van der Waals surface area contributed by atoms with E-state index in [0.29, 0.717) is 11.1 Å². The molecule has 0 aromatic carbocycles. The molecule has 82 valence electrons. The Morgan fingerprint density at radius 1 is 1.47 bits per heavy atom. The van der Waals surface area contributed by atoms with Crippen LogP contribution in [0.5, 0.6) is 0 Å². The maximum Gasteiger partial charge on any atom is 0.134 e. The maximum atomic E-state index is 8.68. The average Bonchev–Trinajstić information content (AvgIpc) is 3.00. The fourth-order valence-electron chi connectivity index (χ4n) is 1.25. The Morgan fingerprint density at radius 3 is 2.93 bits per heavy atom. The SMILES string of the molecule is OCCCSc1cc(Cl)nc(C2CC2)n1. The number of nitrogens with zero attached hydrogens (tertiary/aromatic N) is 2. The van der Waals surface area contributed by atoms with Gasteiger partial charge in [0.25, 0.3) is 0 Å². The van der Waals surface area contributed by atoms with Gasteiger partial charge in [-0.2, -0.15) is 0 Å². The van der Waals surface area contributed by atoms with E-state index in [9.17, 15) is 0 Å². The molecule has 0 unspecified atom stereocenters. The molecule has 2 rings (SSSR count). The first-order valence-corrected chi connectivity index (χ1v) is 6.44. The van der Waals surface area contributed by atoms with Crippen LogP contribution in [0, 0.1) is 0 Å². The van der Waals surface area contributed by atoms with Gasteiger partial charge in [-0.15, -0.1) is 11.8 Å². The predicted molar refractivity (Wildman–Crippen MR) is 61.4 cm³/mol. The molecule has 1 N–H and O–H groups in total. The van der Waals surface area contributed by atoms with Crippen LogP contribution in [0.3, 0.4) is 0 Å². The average molecular weight is 245 g/mol. The quantitative estimate of drug-likeness (QED) is 0.491. The first-order valence-electron chi connectivity index (χ1n) is 5.07. The minimum Gasteiger partial charge on any atom is -0.396 e. The zero-order valence-electron chi connectivity index (χ0n) is 8.32. The van der Waals surface area contributed by atoms with Crippen molar-refractivity contribution >= 4 is 23.4 Å². The standard InChI is InChI=1S/C10H13ClN2OS/c11-8-6-9(15-5-1-4-14)13-10(12-8)7-2-3-7/h6-7,14H,1-5H2. The van der Waals surface area contributed by atoms with Crippen molar-refractivity contribution < 1.29 is 5.11 Å². The summed E-state index contributed by atoms with van der Waals surface area (Å²) in [5.74, 6) is 2.28. The van der Waals surface area contributed by atoms with E-state index in [2.05, 4.69) is 9.97 Å². The Balaban J connectivity index is 2.02. The summed E-state index contributed by atoms with van der Waals surface area (Å²) in [5, 5.41) is 10.1. The molecular formula is C10H13ClN2OS. The van der Waals surface area contributed by atoms with Crippen molar-refractivity contribution in [2.75, 3.05) is 12.4 Å². The highest BCUT2D eigenvalue weighted by Crippen LogP contribution is 2.39. The number of halogens is 1. The summed E-state index contributed by atoms with van der Waals surface area (Å²) in [4.78, 5) is 8.67. The van der Waals surface area contributed by atoms with Crippen LogP contribution in [0.2, 0.25) is 5.15 Å². The summed E-state index contributed by atoms with van der Waals surface area (Å²) in [6.45, 7) is 0.224. The van der Waals surface area contributed by atoms with E-state index in [4.69, 9.17) is 16.7 Å². The van der Waals surface area contributed by atoms with Crippen molar-refractivity contribution in [3.63, 3.8) is 0 Å². The number of aliphatic hydroxyl groups is 1. The molecule has 1 aromatic rings. The minimum absolute atomic E-state index is 0.224. The molecule has 0 bridgehead atoms. The summed E-state index contributed by atoms with van der Waals surface area (Å²) >= 11 is 7.54. The third-order valence-corrected chi connectivity index (χ3v) is 3.37. The second-order valence-electron chi connectivity index (χ2n) is 3.59. The lowest BCUT2D eigenvalue weighted by molar-refractivity contribution is 0.296. The van der Waals surface area contributed by atoms with Gasteiger partial charge in [-0.3, -0.25) is 0 Å². The molecule has 0 atom stereocenters. The number of hydrogen-bond acceptors (Lipinski definition) is 4. The Morgan fingerprint density at radius 2 is 2.27 bits per heavy atom. The minimum atomic E-state index is 0.224. The Hall–Kier alpha value is -0.320. The van der Waals surface area contributed by atoms with Gasteiger partial charge in [-0.1, -0.05) is 11.6 Å². The molecule has 1 aliphatic rings. The number of hydrogen-bond donors (Lipinski definition) is 1. The highest BCUT2D eigenvalue weighted by molar-refractivity contribution is 7.99. The summed E-state index contributed by atoms with van der Waals surface area (Å²) in [7, 11) is 0. The molecule has 15 heavy (non-hydrogen) atoms. The van der Waals surface area contributed by atoms with E-state index in [-0.39, 0.29) is 6.61 Å². The van der Waals surface area contributed by atoms with Gasteiger partial charge in [0.15, 0.2) is 0 Å². The summed E-state index contributed by atoms with van der Waals surface area (Å²) in [5.41, 5.74) is 0. The molecule has 0 aliphatic heterocycles. The molecule has 0 radical (unpaired) electrons. The van der Waals surface area contributed by atoms with Crippen LogP contribution in [0.25, 0.3) is 0 Å². The largest absolute Gasteiger partial charge is 0.396 e. The second-order valence-corrected chi connectivity index (χ2v) is 5.09. The van der Waals surface area contributed by atoms with Crippen molar-refractivity contribution in [1.82, 2.24) is 9.97 Å². The van der Waals surface area contributed by atoms with E-state index in [0.717, 1.165) is 23.0 Å². The van der Waals surface area contributed by atoms with Crippen molar-refractivity contribution in [3.05, 3.63) is 17.0 Å². The summed E-state index contributed by atoms with van der Waals surface area (Å²) in [6, 6.07) is 1.79. The smallest absolute Gasteiger partial charge is 0.134 e. The van der Waals surface area contributed by atoms with E-state index >= 15 is 0 Å². The van der Waals surface area contributed by atoms with Gasteiger partial charge in [0.05, 0.1) is 0 Å². The topological polar surface area (TPSA) is 46.0 Å². The Kier molecular flexibility index (Phi) is 3.83. The van der Waals surface area contributed by atoms with Gasteiger partial charge in [0.1, 0.15) is 16.0 Å². The van der Waals surface area contributed by atoms with Gasteiger partial charge < -0.3 is 5.11 Å². The van der Waals surface area contributed by atoms with Crippen molar-refractivity contribution in [2.24, 2.45) is 0 Å². The zero-order valence-corrected chi connectivity index (χ0v) is 9.89. The third-order valence-electron chi connectivity index (χ3n) is 2.18. The van der Waals surface area contributed by atoms with Crippen LogP contribution in [-0.2, 0) is 0 Å². The fraction of sp³-hybridized carbons (Fsp3) is 0.600. The molecule has 1 fully saturated rings. The lowest BCUT2D eigenvalue weighted by atomic mass is 10.4. The molecule has 3 nitrogen and oxygen atoms in total. The highest BCUT2D eigenvalue weighted by Gasteiger charge is 2.27. The molecule has 1 aromatic heterocycles. The molecule has 1 aliphatic carbocycles. The van der Waals surface area contributed by atoms with Crippen LogP contribution >= 0.6 is 23.4 Å². The summed E-state index contributed by atoms with van der Waals surface area (Å²) in [6.07, 6.45) is 3.15. The molecule has 0 spiro atoms. The van der Waals surface area contributed by atoms with E-state index in [1.165, 1.54) is 12.8 Å². The van der Waals surface area contributed by atoms with Crippen LogP contribution in [0.15, 0.2) is 11.1 Å². The summed E-state index contributed by atoms with van der Waals surface area (Å²) < 4.78 is 0. The molecule has 0 saturated heterocycles. The van der Waals surface area contributed by atoms with E-state index in [1.807, 2.05) is 0 Å². The molecule has 1 heterocycles. The van der Waals surface area contributed by atoms with Crippen LogP contribution < -0.4 is 0 Å². The molecule has 0 amide bonds. The number of aliphatic hydroxyl groups excluding tert-OH is 1. The Bertz CT molecular complexity index is 344. The van der Waals surface area contributed by atoms with Crippen molar-refractivity contribution in [3.8, 4) is 0 Å². The normalized spacial score (nSPS) is 15.6. The predicted octanol–water partition coefficient (Wildman–Crippen LogP) is 2.48. The third kappa shape index (κ3) is 3.33. The van der Waals surface area contributed by atoms with Gasteiger partial charge in [-0.25, -0.2) is 9.97 Å². The highest BCUT2D eigenvalue weighted by atomic mass is 35.5. The number of rotatable bonds is 5. The van der Waals surface area contributed by atoms with Crippen LogP contribution in [0.4, 0.5) is 0 Å². The lowest BCUT2D eigenvalue weighted by Gasteiger charge is -2.03. The van der Waals surface area contributed by atoms with Gasteiger partial charge >= 0.3 is 0 Å².